The van der Waals surface area contributed by atoms with Crippen molar-refractivity contribution in [1.82, 2.24) is 0 Å². The minimum absolute atomic E-state index is 0. The Kier molecular flexibility index (Phi) is 20.8. The summed E-state index contributed by atoms with van der Waals surface area (Å²) in [7, 11) is 17.8. The van der Waals surface area contributed by atoms with Gasteiger partial charge in [0.15, 0.2) is 5.60 Å². The number of alkyl halides is 6. The Morgan fingerprint density at radius 2 is 0.909 bits per heavy atom. The Hall–Kier alpha value is -1.68. The van der Waals surface area contributed by atoms with Crippen LogP contribution < -0.4 is 5.11 Å². The molecule has 0 bridgehead atoms. The lowest BCUT2D eigenvalue weighted by Crippen LogP contribution is -2.56. The number of hydrogen-bond acceptors (Lipinski definition) is 7. The molecule has 0 spiro atoms. The number of ether oxygens (including phenoxy) is 1. The number of esters is 1. The molecule has 3 N–H and O–H groups in total. The Bertz CT molecular complexity index is 526. The first-order chi connectivity index (χ1) is 12.9. The summed E-state index contributed by atoms with van der Waals surface area (Å²) in [4.78, 5) is 19.9. The van der Waals surface area contributed by atoms with E-state index in [1.54, 1.807) is 0 Å². The van der Waals surface area contributed by atoms with Crippen LogP contribution in [-0.4, -0.2) is 124 Å². The average Bonchev–Trinajstić information content (AvgIpc) is 2.40. The van der Waals surface area contributed by atoms with Crippen molar-refractivity contribution in [3.05, 3.63) is 7.43 Å². The van der Waals surface area contributed by atoms with Crippen LogP contribution in [0.3, 0.4) is 0 Å². The van der Waals surface area contributed by atoms with Crippen molar-refractivity contribution in [1.29, 1.82) is 0 Å². The number of methoxy groups -OCH3 is 1. The molecule has 15 heteroatoms. The van der Waals surface area contributed by atoms with E-state index in [0.717, 1.165) is 16.1 Å². The molecule has 2 atom stereocenters. The Balaban J connectivity index is -0.0000000764. The van der Waals surface area contributed by atoms with Gasteiger partial charge in [-0.3, -0.25) is 0 Å². The predicted molar refractivity (Wildman–Crippen MR) is 107 cm³/mol. The number of carboxylic acid groups (broad SMARTS) is 1. The molecule has 0 aromatic heterocycles. The SMILES string of the molecule is CC(O)(C(=O)[O-])C(F)(F)F.COC(=O)C(C)(O)C(F)(F)F.C[N+](C)(C)C.C[N+](C)(C)C.[CH3-].[OH-]. The van der Waals surface area contributed by atoms with Gasteiger partial charge in [-0.15, -0.1) is 0 Å². The van der Waals surface area contributed by atoms with Gasteiger partial charge in [0.05, 0.1) is 69.5 Å². The molecule has 2 unspecified atom stereocenters. The van der Waals surface area contributed by atoms with Crippen LogP contribution in [0.25, 0.3) is 0 Å². The number of quaternary nitrogens is 2. The molecule has 0 amide bonds. The van der Waals surface area contributed by atoms with Gasteiger partial charge in [0.25, 0.3) is 5.60 Å². The fourth-order valence-corrected chi connectivity index (χ4v) is 0.430. The minimum Gasteiger partial charge on any atom is -0.870 e. The second kappa shape index (κ2) is 15.3. The van der Waals surface area contributed by atoms with E-state index in [1.165, 1.54) is 0 Å². The van der Waals surface area contributed by atoms with E-state index in [-0.39, 0.29) is 19.8 Å². The van der Waals surface area contributed by atoms with E-state index in [1.807, 2.05) is 0 Å². The van der Waals surface area contributed by atoms with Crippen molar-refractivity contribution < 1.29 is 70.4 Å². The van der Waals surface area contributed by atoms with Crippen LogP contribution in [0.1, 0.15) is 13.8 Å². The molecule has 0 aliphatic carbocycles. The number of carbonyl (C=O) groups excluding carboxylic acids is 2. The predicted octanol–water partition coefficient (Wildman–Crippen LogP) is 0.441. The zero-order chi connectivity index (χ0) is 26.9. The summed E-state index contributed by atoms with van der Waals surface area (Å²) in [5.41, 5.74) is -7.17. The molecule has 0 aliphatic heterocycles. The van der Waals surface area contributed by atoms with E-state index < -0.39 is 35.5 Å². The number of nitrogens with zero attached hydrogens (tertiary/aromatic N) is 2. The van der Waals surface area contributed by atoms with Crippen molar-refractivity contribution in [3.63, 3.8) is 0 Å². The summed E-state index contributed by atoms with van der Waals surface area (Å²) in [5.74, 6) is -4.27. The number of carbonyl (C=O) groups is 2. The summed E-state index contributed by atoms with van der Waals surface area (Å²) < 4.78 is 75.1. The number of halogens is 6. The summed E-state index contributed by atoms with van der Waals surface area (Å²) in [6.45, 7) is 0.446. The molecule has 0 heterocycles. The molecule has 33 heavy (non-hydrogen) atoms. The van der Waals surface area contributed by atoms with Gasteiger partial charge in [0.1, 0.15) is 0 Å². The highest BCUT2D eigenvalue weighted by molar-refractivity contribution is 5.79. The van der Waals surface area contributed by atoms with Crippen LogP contribution in [-0.2, 0) is 14.3 Å². The molecule has 206 valence electrons. The lowest BCUT2D eigenvalue weighted by molar-refractivity contribution is -0.849. The molecule has 0 aromatic carbocycles. The Morgan fingerprint density at radius 3 is 0.939 bits per heavy atom. The number of aliphatic hydroxyl groups is 2. The summed E-state index contributed by atoms with van der Waals surface area (Å²) in [5, 5.41) is 26.2. The molecular formula is C18H39F6N2O7-. The fourth-order valence-electron chi connectivity index (χ4n) is 0.430. The van der Waals surface area contributed by atoms with Gasteiger partial charge in [-0.25, -0.2) is 4.79 Å². The molecule has 9 nitrogen and oxygen atoms in total. The molecule has 0 aromatic rings. The van der Waals surface area contributed by atoms with Crippen molar-refractivity contribution in [2.45, 2.75) is 37.4 Å². The third-order valence-electron chi connectivity index (χ3n) is 2.08. The van der Waals surface area contributed by atoms with Crippen LogP contribution in [0.15, 0.2) is 0 Å². The first-order valence-electron chi connectivity index (χ1n) is 8.38. The molecular weight excluding hydrogens is 470 g/mol. The van der Waals surface area contributed by atoms with Gasteiger partial charge in [0, 0.05) is 0 Å². The summed E-state index contributed by atoms with van der Waals surface area (Å²) >= 11 is 0. The molecule has 0 saturated carbocycles. The zero-order valence-electron chi connectivity index (χ0n) is 21.1. The van der Waals surface area contributed by atoms with Crippen molar-refractivity contribution in [2.75, 3.05) is 63.5 Å². The van der Waals surface area contributed by atoms with E-state index in [0.29, 0.717) is 6.92 Å². The maximum atomic E-state index is 11.7. The number of hydrogen-bond donors (Lipinski definition) is 2. The van der Waals surface area contributed by atoms with Crippen molar-refractivity contribution >= 4 is 11.9 Å². The van der Waals surface area contributed by atoms with Crippen LogP contribution >= 0.6 is 0 Å². The first-order valence-corrected chi connectivity index (χ1v) is 8.38. The standard InChI is InChI=1S/C5H7F3O3.C4H5F3O3.2C4H12N.CH3.H2O/c1-4(10,3(9)11-2)5(6,7)8;1-3(10,2(8)9)4(5,6)7;2*1-5(2,3)4;;/h10H,1-2H3;10H,1H3,(H,8,9);2*1-4H3;1H3;1H2/q;;2*+1;-1;/p-2. The van der Waals surface area contributed by atoms with Crippen LogP contribution in [0.4, 0.5) is 26.3 Å². The average molecular weight is 510 g/mol. The Morgan fingerprint density at radius 1 is 0.727 bits per heavy atom. The van der Waals surface area contributed by atoms with E-state index >= 15 is 0 Å². The number of carboxylic acids is 1. The number of aliphatic carboxylic acids is 1. The van der Waals surface area contributed by atoms with Crippen molar-refractivity contribution in [2.24, 2.45) is 0 Å². The molecule has 0 radical (unpaired) electrons. The van der Waals surface area contributed by atoms with Crippen LogP contribution in [0.5, 0.6) is 0 Å². The highest BCUT2D eigenvalue weighted by Gasteiger charge is 2.56. The third-order valence-corrected chi connectivity index (χ3v) is 2.08. The monoisotopic (exact) mass is 509 g/mol. The normalized spacial score (nSPS) is 14.9. The topological polar surface area (TPSA) is 137 Å². The maximum Gasteiger partial charge on any atom is 0.427 e. The van der Waals surface area contributed by atoms with Gasteiger partial charge < -0.3 is 46.7 Å². The van der Waals surface area contributed by atoms with Gasteiger partial charge >= 0.3 is 18.3 Å². The maximum absolute atomic E-state index is 11.7. The van der Waals surface area contributed by atoms with E-state index in [2.05, 4.69) is 61.1 Å². The molecule has 0 rings (SSSR count). The molecule has 0 fully saturated rings. The largest absolute Gasteiger partial charge is 0.870 e. The second-order valence-electron chi connectivity index (χ2n) is 9.29. The van der Waals surface area contributed by atoms with Gasteiger partial charge in [-0.2, -0.15) is 26.3 Å². The van der Waals surface area contributed by atoms with Gasteiger partial charge in [-0.1, -0.05) is 0 Å². The quantitative estimate of drug-likeness (QED) is 0.239. The minimum atomic E-state index is -5.19. The number of rotatable bonds is 2. The van der Waals surface area contributed by atoms with Gasteiger partial charge in [0.2, 0.25) is 0 Å². The van der Waals surface area contributed by atoms with E-state index in [4.69, 9.17) is 10.2 Å². The van der Waals surface area contributed by atoms with Crippen LogP contribution in [0, 0.1) is 7.43 Å². The highest BCUT2D eigenvalue weighted by Crippen LogP contribution is 2.30. The van der Waals surface area contributed by atoms with Crippen molar-refractivity contribution in [3.8, 4) is 0 Å². The lowest BCUT2D eigenvalue weighted by Gasteiger charge is -2.26. The second-order valence-corrected chi connectivity index (χ2v) is 9.29. The highest BCUT2D eigenvalue weighted by atomic mass is 19.4. The third kappa shape index (κ3) is 26.5. The zero-order valence-corrected chi connectivity index (χ0v) is 21.1. The summed E-state index contributed by atoms with van der Waals surface area (Å²) in [6, 6.07) is 0. The Labute approximate surface area is 191 Å². The molecule has 0 aliphatic rings. The first kappa shape index (κ1) is 44.9. The van der Waals surface area contributed by atoms with Crippen LogP contribution in [0.2, 0.25) is 0 Å². The lowest BCUT2D eigenvalue weighted by atomic mass is 10.1. The fraction of sp³-hybridized carbons (Fsp3) is 0.833. The van der Waals surface area contributed by atoms with E-state index in [9.17, 15) is 41.0 Å². The molecule has 0 saturated heterocycles. The smallest absolute Gasteiger partial charge is 0.427 e. The summed E-state index contributed by atoms with van der Waals surface area (Å²) in [6.07, 6.45) is -10.2. The van der Waals surface area contributed by atoms with Gasteiger partial charge in [-0.05, 0) is 13.8 Å².